The zero-order valence-electron chi connectivity index (χ0n) is 7.79. The number of nitrogens with one attached hydrogen (secondary N) is 1. The van der Waals surface area contributed by atoms with E-state index >= 15 is 0 Å². The second-order valence-corrected chi connectivity index (χ2v) is 4.34. The zero-order valence-corrected chi connectivity index (χ0v) is 8.60. The Kier molecular flexibility index (Phi) is 2.19. The van der Waals surface area contributed by atoms with Gasteiger partial charge in [-0.1, -0.05) is 29.6 Å². The van der Waals surface area contributed by atoms with Gasteiger partial charge in [0.1, 0.15) is 0 Å². The highest BCUT2D eigenvalue weighted by Gasteiger charge is 2.29. The maximum Gasteiger partial charge on any atom is 0.238 e. The first-order valence-electron chi connectivity index (χ1n) is 4.73. The summed E-state index contributed by atoms with van der Waals surface area (Å²) in [6, 6.07) is 0. The minimum atomic E-state index is 0.124. The molecular formula is C8H14N4S. The van der Waals surface area contributed by atoms with E-state index in [1.54, 1.807) is 0 Å². The Morgan fingerprint density at radius 3 is 2.62 bits per heavy atom. The van der Waals surface area contributed by atoms with E-state index in [1.807, 2.05) is 4.68 Å². The van der Waals surface area contributed by atoms with Gasteiger partial charge in [-0.05, 0) is 32.0 Å². The lowest BCUT2D eigenvalue weighted by molar-refractivity contribution is 0.192. The van der Waals surface area contributed by atoms with Gasteiger partial charge in [0.25, 0.3) is 0 Å². The van der Waals surface area contributed by atoms with Gasteiger partial charge in [0, 0.05) is 0 Å². The van der Waals surface area contributed by atoms with Crippen LogP contribution in [0, 0.1) is 4.77 Å². The molecule has 13 heavy (non-hydrogen) atoms. The molecular weight excluding hydrogens is 184 g/mol. The number of rotatable bonds is 1. The van der Waals surface area contributed by atoms with Crippen LogP contribution in [-0.2, 0) is 5.54 Å². The summed E-state index contributed by atoms with van der Waals surface area (Å²) in [6.45, 7) is 2.22. The molecule has 0 aromatic carbocycles. The lowest BCUT2D eigenvalue weighted by atomic mass is 9.83. The molecule has 0 amide bonds. The van der Waals surface area contributed by atoms with Crippen LogP contribution in [0.15, 0.2) is 0 Å². The number of nitrogens with zero attached hydrogens (tertiary/aromatic N) is 3. The fourth-order valence-corrected chi connectivity index (χ4v) is 2.39. The second-order valence-electron chi connectivity index (χ2n) is 3.98. The van der Waals surface area contributed by atoms with E-state index in [0.29, 0.717) is 4.77 Å². The number of hydrogen-bond acceptors (Lipinski definition) is 3. The number of H-pyrrole nitrogens is 1. The van der Waals surface area contributed by atoms with Crippen LogP contribution >= 0.6 is 12.2 Å². The predicted molar refractivity (Wildman–Crippen MR) is 51.9 cm³/mol. The number of aromatic nitrogens is 4. The Bertz CT molecular complexity index is 334. The molecule has 0 saturated heterocycles. The molecule has 1 saturated carbocycles. The highest BCUT2D eigenvalue weighted by atomic mass is 32.1. The lowest BCUT2D eigenvalue weighted by Gasteiger charge is -2.33. The Morgan fingerprint density at radius 1 is 1.38 bits per heavy atom. The number of hydrogen-bond donors (Lipinski definition) is 1. The molecule has 1 N–H and O–H groups in total. The quantitative estimate of drug-likeness (QED) is 0.702. The zero-order chi connectivity index (χ0) is 9.31. The molecule has 1 fully saturated rings. The van der Waals surface area contributed by atoms with Crippen molar-refractivity contribution < 1.29 is 0 Å². The van der Waals surface area contributed by atoms with Gasteiger partial charge in [-0.25, -0.2) is 4.68 Å². The summed E-state index contributed by atoms with van der Waals surface area (Å²) in [5, 5.41) is 10.4. The molecule has 0 aliphatic heterocycles. The summed E-state index contributed by atoms with van der Waals surface area (Å²) < 4.78 is 2.51. The molecule has 1 aliphatic carbocycles. The van der Waals surface area contributed by atoms with Crippen molar-refractivity contribution in [2.75, 3.05) is 0 Å². The van der Waals surface area contributed by atoms with Crippen molar-refractivity contribution in [3.05, 3.63) is 4.77 Å². The average molecular weight is 198 g/mol. The third-order valence-corrected chi connectivity index (χ3v) is 3.21. The monoisotopic (exact) mass is 198 g/mol. The molecule has 0 radical (unpaired) electrons. The average Bonchev–Trinajstić information content (AvgIpc) is 2.53. The third-order valence-electron chi connectivity index (χ3n) is 2.94. The van der Waals surface area contributed by atoms with Crippen molar-refractivity contribution in [1.29, 1.82) is 0 Å². The van der Waals surface area contributed by atoms with E-state index in [-0.39, 0.29) is 5.54 Å². The van der Waals surface area contributed by atoms with Gasteiger partial charge >= 0.3 is 0 Å². The van der Waals surface area contributed by atoms with Gasteiger partial charge in [-0.2, -0.15) is 5.21 Å². The molecule has 2 rings (SSSR count). The van der Waals surface area contributed by atoms with Gasteiger partial charge in [0.2, 0.25) is 4.77 Å². The molecule has 0 unspecified atom stereocenters. The summed E-state index contributed by atoms with van der Waals surface area (Å²) in [7, 11) is 0. The van der Waals surface area contributed by atoms with Crippen molar-refractivity contribution in [2.45, 2.75) is 44.6 Å². The van der Waals surface area contributed by atoms with E-state index < -0.39 is 0 Å². The van der Waals surface area contributed by atoms with E-state index in [2.05, 4.69) is 22.4 Å². The Hall–Kier alpha value is -0.710. The van der Waals surface area contributed by atoms with Gasteiger partial charge in [0.15, 0.2) is 0 Å². The second kappa shape index (κ2) is 3.21. The standard InChI is InChI=1S/C8H14N4S/c1-8(5-3-2-4-6-8)12-7(13)9-10-11-12/h2-6H2,1H3,(H,9,11,13). The number of aromatic amines is 1. The fourth-order valence-electron chi connectivity index (χ4n) is 2.09. The van der Waals surface area contributed by atoms with Crippen LogP contribution in [0.1, 0.15) is 39.0 Å². The van der Waals surface area contributed by atoms with Crippen LogP contribution in [-0.4, -0.2) is 20.2 Å². The topological polar surface area (TPSA) is 46.5 Å². The summed E-state index contributed by atoms with van der Waals surface area (Å²) in [5.41, 5.74) is 0.124. The highest BCUT2D eigenvalue weighted by molar-refractivity contribution is 7.71. The maximum absolute atomic E-state index is 5.10. The van der Waals surface area contributed by atoms with Crippen molar-refractivity contribution >= 4 is 12.2 Å². The SMILES string of the molecule is CC1(n2[nH]nnc2=S)CCCCC1. The van der Waals surface area contributed by atoms with E-state index in [4.69, 9.17) is 12.2 Å². The Morgan fingerprint density at radius 2 is 2.08 bits per heavy atom. The first kappa shape index (κ1) is 8.87. The Balaban J connectivity index is 2.33. The number of tetrazole rings is 1. The van der Waals surface area contributed by atoms with Crippen LogP contribution in [0.25, 0.3) is 0 Å². The molecule has 4 nitrogen and oxygen atoms in total. The van der Waals surface area contributed by atoms with Crippen molar-refractivity contribution in [3.63, 3.8) is 0 Å². The van der Waals surface area contributed by atoms with Crippen LogP contribution in [0.2, 0.25) is 0 Å². The minimum Gasteiger partial charge on any atom is -0.237 e. The van der Waals surface area contributed by atoms with Gasteiger partial charge < -0.3 is 0 Å². The first-order chi connectivity index (χ1) is 6.22. The molecule has 0 bridgehead atoms. The molecule has 1 aromatic rings. The summed E-state index contributed by atoms with van der Waals surface area (Å²) in [4.78, 5) is 0. The molecule has 0 spiro atoms. The van der Waals surface area contributed by atoms with Crippen LogP contribution in [0.4, 0.5) is 0 Å². The normalized spacial score (nSPS) is 21.6. The smallest absolute Gasteiger partial charge is 0.237 e. The van der Waals surface area contributed by atoms with Gasteiger partial charge in [0.05, 0.1) is 5.54 Å². The highest BCUT2D eigenvalue weighted by Crippen LogP contribution is 2.33. The summed E-state index contributed by atoms with van der Waals surface area (Å²) >= 11 is 5.10. The van der Waals surface area contributed by atoms with Crippen molar-refractivity contribution in [3.8, 4) is 0 Å². The predicted octanol–water partition coefficient (Wildman–Crippen LogP) is 2.01. The van der Waals surface area contributed by atoms with E-state index in [9.17, 15) is 0 Å². The molecule has 0 atom stereocenters. The maximum atomic E-state index is 5.10. The minimum absolute atomic E-state index is 0.124. The van der Waals surface area contributed by atoms with Gasteiger partial charge in [-0.15, -0.1) is 0 Å². The van der Waals surface area contributed by atoms with Crippen LogP contribution in [0.3, 0.4) is 0 Å². The molecule has 1 heterocycles. The molecule has 5 heteroatoms. The van der Waals surface area contributed by atoms with Crippen LogP contribution in [0.5, 0.6) is 0 Å². The first-order valence-corrected chi connectivity index (χ1v) is 5.14. The van der Waals surface area contributed by atoms with E-state index in [0.717, 1.165) is 0 Å². The molecule has 1 aromatic heterocycles. The molecule has 1 aliphatic rings. The summed E-state index contributed by atoms with van der Waals surface area (Å²) in [6.07, 6.45) is 6.23. The van der Waals surface area contributed by atoms with E-state index in [1.165, 1.54) is 32.1 Å². The van der Waals surface area contributed by atoms with Crippen molar-refractivity contribution in [2.24, 2.45) is 0 Å². The lowest BCUT2D eigenvalue weighted by Crippen LogP contribution is -2.33. The third kappa shape index (κ3) is 1.52. The van der Waals surface area contributed by atoms with Gasteiger partial charge in [-0.3, -0.25) is 0 Å². The van der Waals surface area contributed by atoms with Crippen molar-refractivity contribution in [1.82, 2.24) is 20.2 Å². The molecule has 72 valence electrons. The fraction of sp³-hybridized carbons (Fsp3) is 0.875. The largest absolute Gasteiger partial charge is 0.238 e. The van der Waals surface area contributed by atoms with Crippen LogP contribution < -0.4 is 0 Å². The Labute approximate surface area is 82.3 Å². The summed E-state index contributed by atoms with van der Waals surface area (Å²) in [5.74, 6) is 0.